The molecule has 2 heterocycles. The van der Waals surface area contributed by atoms with Gasteiger partial charge in [0.05, 0.1) is 0 Å². The number of para-hydroxylation sites is 4. The molecule has 0 spiro atoms. The second kappa shape index (κ2) is 18.5. The highest BCUT2D eigenvalue weighted by Gasteiger charge is 2.18. The van der Waals surface area contributed by atoms with Gasteiger partial charge in [-0.2, -0.15) is 0 Å². The molecule has 0 aliphatic carbocycles. The quantitative estimate of drug-likeness (QED) is 0.226. The van der Waals surface area contributed by atoms with Crippen molar-refractivity contribution in [1.29, 1.82) is 0 Å². The Balaban J connectivity index is 0.000000312. The first-order valence-electron chi connectivity index (χ1n) is 14.7. The van der Waals surface area contributed by atoms with Crippen LogP contribution in [0.5, 0.6) is 0 Å². The first kappa shape index (κ1) is 33.2. The minimum absolute atomic E-state index is 1.05. The van der Waals surface area contributed by atoms with Crippen LogP contribution in [0.1, 0.15) is 77.6 Å². The molecule has 2 aliphatic rings. The van der Waals surface area contributed by atoms with Crippen LogP contribution in [0, 0.1) is 0 Å². The first-order chi connectivity index (χ1) is 19.2. The van der Waals surface area contributed by atoms with Crippen molar-refractivity contribution in [2.45, 2.75) is 61.8 Å². The van der Waals surface area contributed by atoms with Gasteiger partial charge in [0.25, 0.3) is 0 Å². The summed E-state index contributed by atoms with van der Waals surface area (Å²) in [4.78, 5) is 4.51. The predicted octanol–water partition coefficient (Wildman–Crippen LogP) is 11.4. The number of fused-ring (bicyclic) bond motifs is 4. The summed E-state index contributed by atoms with van der Waals surface area (Å²) in [5.74, 6) is 0. The van der Waals surface area contributed by atoms with E-state index in [0.29, 0.717) is 0 Å². The zero-order valence-corrected chi connectivity index (χ0v) is 26.0. The summed E-state index contributed by atoms with van der Waals surface area (Å²) in [6.45, 7) is 16.0. The van der Waals surface area contributed by atoms with E-state index in [1.807, 2.05) is 55.4 Å². The molecule has 0 unspecified atom stereocenters. The summed E-state index contributed by atoms with van der Waals surface area (Å²) in [6, 6.07) is 34.1. The highest BCUT2D eigenvalue weighted by Crippen LogP contribution is 2.37. The van der Waals surface area contributed by atoms with Gasteiger partial charge in [-0.3, -0.25) is 0 Å². The molecule has 0 amide bonds. The Kier molecular flexibility index (Phi) is 15.7. The minimum atomic E-state index is 1.05. The molecule has 0 fully saturated rings. The zero-order chi connectivity index (χ0) is 29.2. The van der Waals surface area contributed by atoms with Crippen LogP contribution in [0.4, 0.5) is 22.7 Å². The van der Waals surface area contributed by atoms with E-state index >= 15 is 0 Å². The fourth-order valence-electron chi connectivity index (χ4n) is 4.49. The van der Waals surface area contributed by atoms with Crippen LogP contribution in [0.3, 0.4) is 0 Å². The minimum Gasteiger partial charge on any atom is -0.344 e. The van der Waals surface area contributed by atoms with E-state index in [-0.39, 0.29) is 0 Å². The van der Waals surface area contributed by atoms with E-state index in [0.717, 1.165) is 6.42 Å². The van der Waals surface area contributed by atoms with Crippen LogP contribution in [0.2, 0.25) is 0 Å². The second-order valence-corrected chi connectivity index (χ2v) is 8.00. The molecule has 0 atom stereocenters. The predicted molar refractivity (Wildman–Crippen MR) is 179 cm³/mol. The average Bonchev–Trinajstić information content (AvgIpc) is 3.18. The van der Waals surface area contributed by atoms with Gasteiger partial charge in [-0.05, 0) is 46.5 Å². The molecular formula is C37H50N2. The van der Waals surface area contributed by atoms with E-state index < -0.39 is 0 Å². The third-order valence-electron chi connectivity index (χ3n) is 6.13. The Bertz CT molecular complexity index is 1160. The molecule has 2 nitrogen and oxygen atoms in total. The molecule has 4 aromatic carbocycles. The van der Waals surface area contributed by atoms with E-state index in [2.05, 4.69) is 133 Å². The van der Waals surface area contributed by atoms with Gasteiger partial charge in [0.1, 0.15) is 0 Å². The fourth-order valence-corrected chi connectivity index (χ4v) is 4.49. The molecular weight excluding hydrogens is 472 g/mol. The monoisotopic (exact) mass is 522 g/mol. The Labute approximate surface area is 239 Å². The van der Waals surface area contributed by atoms with Gasteiger partial charge >= 0.3 is 0 Å². The highest BCUT2D eigenvalue weighted by atomic mass is 15.1. The molecule has 0 aromatic heterocycles. The number of anilines is 4. The average molecular weight is 523 g/mol. The Morgan fingerprint density at radius 1 is 0.385 bits per heavy atom. The molecule has 0 saturated carbocycles. The van der Waals surface area contributed by atoms with Gasteiger partial charge in [0.2, 0.25) is 0 Å². The standard InChI is InChI=1S/C15H13N.C14H13N.4C2H6/c1-16-14-8-4-2-6-12(14)10-11-13-7-3-5-9-15(13)16;1-15-13-8-4-2-6-11(13)10-12-7-3-5-9-14(12)15;4*1-2/h2-11H,1H3;2-9H,10H2,1H3;4*1-2H3. The van der Waals surface area contributed by atoms with Crippen molar-refractivity contribution < 1.29 is 0 Å². The van der Waals surface area contributed by atoms with E-state index in [9.17, 15) is 0 Å². The lowest BCUT2D eigenvalue weighted by Gasteiger charge is -2.29. The lowest BCUT2D eigenvalue weighted by Crippen LogP contribution is -2.18. The SMILES string of the molecule is CC.CC.CC.CC.CN1c2ccccc2C=Cc2ccccc21.CN1c2ccccc2Cc2ccccc21. The van der Waals surface area contributed by atoms with Gasteiger partial charge < -0.3 is 9.80 Å². The number of rotatable bonds is 0. The number of hydrogen-bond acceptors (Lipinski definition) is 2. The van der Waals surface area contributed by atoms with Crippen LogP contribution in [0.25, 0.3) is 12.2 Å². The molecule has 0 bridgehead atoms. The van der Waals surface area contributed by atoms with Crippen LogP contribution >= 0.6 is 0 Å². The summed E-state index contributed by atoms with van der Waals surface area (Å²) in [7, 11) is 4.25. The molecule has 0 N–H and O–H groups in total. The maximum atomic E-state index is 2.27. The first-order valence-corrected chi connectivity index (χ1v) is 14.7. The molecule has 208 valence electrons. The Morgan fingerprint density at radius 3 is 1.05 bits per heavy atom. The van der Waals surface area contributed by atoms with E-state index in [1.54, 1.807) is 0 Å². The van der Waals surface area contributed by atoms with Crippen molar-refractivity contribution in [2.24, 2.45) is 0 Å². The normalized spacial score (nSPS) is 11.0. The molecule has 6 rings (SSSR count). The lowest BCUT2D eigenvalue weighted by atomic mass is 9.96. The summed E-state index contributed by atoms with van der Waals surface area (Å²) in [5.41, 5.74) is 10.5. The van der Waals surface area contributed by atoms with Gasteiger partial charge in [-0.15, -0.1) is 0 Å². The van der Waals surface area contributed by atoms with Crippen molar-refractivity contribution in [1.82, 2.24) is 0 Å². The van der Waals surface area contributed by atoms with Gasteiger partial charge in [-0.1, -0.05) is 140 Å². The number of hydrogen-bond donors (Lipinski definition) is 0. The van der Waals surface area contributed by atoms with Crippen LogP contribution in [-0.4, -0.2) is 14.1 Å². The van der Waals surface area contributed by atoms with Gasteiger partial charge in [0, 0.05) is 43.3 Å². The van der Waals surface area contributed by atoms with Crippen molar-refractivity contribution in [3.63, 3.8) is 0 Å². The largest absolute Gasteiger partial charge is 0.344 e. The molecule has 0 saturated heterocycles. The molecule has 2 aliphatic heterocycles. The molecule has 2 heteroatoms. The summed E-state index contributed by atoms with van der Waals surface area (Å²) >= 11 is 0. The highest BCUT2D eigenvalue weighted by molar-refractivity contribution is 5.88. The Hall–Kier alpha value is -3.78. The number of benzene rings is 4. The van der Waals surface area contributed by atoms with E-state index in [1.165, 1.54) is 45.0 Å². The van der Waals surface area contributed by atoms with Crippen molar-refractivity contribution in [3.05, 3.63) is 119 Å². The van der Waals surface area contributed by atoms with Crippen molar-refractivity contribution in [3.8, 4) is 0 Å². The maximum Gasteiger partial charge on any atom is 0.0481 e. The Morgan fingerprint density at radius 2 is 0.667 bits per heavy atom. The number of nitrogens with zero attached hydrogens (tertiary/aromatic N) is 2. The van der Waals surface area contributed by atoms with Gasteiger partial charge in [-0.25, -0.2) is 0 Å². The summed E-state index contributed by atoms with van der Waals surface area (Å²) in [6.07, 6.45) is 5.41. The van der Waals surface area contributed by atoms with Gasteiger partial charge in [0.15, 0.2) is 0 Å². The fraction of sp³-hybridized carbons (Fsp3) is 0.297. The smallest absolute Gasteiger partial charge is 0.0481 e. The third kappa shape index (κ3) is 8.35. The molecule has 4 aromatic rings. The maximum absolute atomic E-state index is 2.27. The third-order valence-corrected chi connectivity index (χ3v) is 6.13. The van der Waals surface area contributed by atoms with Crippen molar-refractivity contribution in [2.75, 3.05) is 23.9 Å². The van der Waals surface area contributed by atoms with Crippen molar-refractivity contribution >= 4 is 34.9 Å². The summed E-state index contributed by atoms with van der Waals surface area (Å²) in [5, 5.41) is 0. The topological polar surface area (TPSA) is 6.48 Å². The second-order valence-electron chi connectivity index (χ2n) is 8.00. The van der Waals surface area contributed by atoms with Crippen LogP contribution in [-0.2, 0) is 6.42 Å². The van der Waals surface area contributed by atoms with E-state index in [4.69, 9.17) is 0 Å². The van der Waals surface area contributed by atoms with Crippen LogP contribution < -0.4 is 9.80 Å². The summed E-state index contributed by atoms with van der Waals surface area (Å²) < 4.78 is 0. The molecule has 39 heavy (non-hydrogen) atoms. The zero-order valence-electron chi connectivity index (χ0n) is 26.0. The molecule has 0 radical (unpaired) electrons. The van der Waals surface area contributed by atoms with Crippen LogP contribution in [0.15, 0.2) is 97.1 Å². The lowest BCUT2D eigenvalue weighted by molar-refractivity contribution is 1.06.